The van der Waals surface area contributed by atoms with Gasteiger partial charge in [-0.3, -0.25) is 0 Å². The van der Waals surface area contributed by atoms with Gasteiger partial charge in [-0.05, 0) is 52.0 Å². The van der Waals surface area contributed by atoms with E-state index in [1.54, 1.807) is 7.11 Å². The molecule has 1 aliphatic rings. The molecule has 2 heteroatoms. The smallest absolute Gasteiger partial charge is 0.0462 e. The van der Waals surface area contributed by atoms with Crippen LogP contribution >= 0.6 is 0 Å². The SMILES string of the molecule is COCCCCC1CCCCC1CNC(C)(C)C. The summed E-state index contributed by atoms with van der Waals surface area (Å²) in [5.41, 5.74) is 0.262. The van der Waals surface area contributed by atoms with Crippen molar-refractivity contribution in [2.75, 3.05) is 20.3 Å². The number of hydrogen-bond acceptors (Lipinski definition) is 2. The maximum atomic E-state index is 5.14. The lowest BCUT2D eigenvalue weighted by Gasteiger charge is -2.34. The maximum Gasteiger partial charge on any atom is 0.0462 e. The standard InChI is InChI=1S/C16H33NO/c1-16(2,3)17-13-15-11-6-5-9-14(15)10-7-8-12-18-4/h14-15,17H,5-13H2,1-4H3. The molecule has 18 heavy (non-hydrogen) atoms. The van der Waals surface area contributed by atoms with E-state index in [4.69, 9.17) is 4.74 Å². The van der Waals surface area contributed by atoms with Crippen molar-refractivity contribution in [3.8, 4) is 0 Å². The van der Waals surface area contributed by atoms with Gasteiger partial charge in [-0.1, -0.05) is 32.1 Å². The number of ether oxygens (including phenoxy) is 1. The van der Waals surface area contributed by atoms with Gasteiger partial charge >= 0.3 is 0 Å². The lowest BCUT2D eigenvalue weighted by atomic mass is 9.76. The summed E-state index contributed by atoms with van der Waals surface area (Å²) in [5.74, 6) is 1.85. The molecule has 1 aliphatic carbocycles. The van der Waals surface area contributed by atoms with E-state index >= 15 is 0 Å². The van der Waals surface area contributed by atoms with Gasteiger partial charge in [0.1, 0.15) is 0 Å². The van der Waals surface area contributed by atoms with Gasteiger partial charge in [-0.15, -0.1) is 0 Å². The third kappa shape index (κ3) is 6.75. The highest BCUT2D eigenvalue weighted by atomic mass is 16.5. The molecule has 0 aliphatic heterocycles. The Morgan fingerprint density at radius 2 is 1.72 bits per heavy atom. The molecular weight excluding hydrogens is 222 g/mol. The van der Waals surface area contributed by atoms with E-state index in [1.165, 1.54) is 51.5 Å². The summed E-state index contributed by atoms with van der Waals surface area (Å²) < 4.78 is 5.14. The Morgan fingerprint density at radius 3 is 2.33 bits per heavy atom. The van der Waals surface area contributed by atoms with Crippen LogP contribution in [-0.4, -0.2) is 25.8 Å². The van der Waals surface area contributed by atoms with Crippen molar-refractivity contribution in [3.05, 3.63) is 0 Å². The third-order valence-electron chi connectivity index (χ3n) is 4.13. The van der Waals surface area contributed by atoms with E-state index in [0.717, 1.165) is 18.4 Å². The first-order chi connectivity index (χ1) is 8.53. The summed E-state index contributed by atoms with van der Waals surface area (Å²) in [4.78, 5) is 0. The van der Waals surface area contributed by atoms with Gasteiger partial charge in [0.15, 0.2) is 0 Å². The average Bonchev–Trinajstić information content (AvgIpc) is 2.32. The van der Waals surface area contributed by atoms with Crippen molar-refractivity contribution in [1.82, 2.24) is 5.32 Å². The molecule has 1 saturated carbocycles. The predicted octanol–water partition coefficient (Wildman–Crippen LogP) is 4.00. The molecule has 0 heterocycles. The van der Waals surface area contributed by atoms with Crippen LogP contribution in [-0.2, 0) is 4.74 Å². The minimum atomic E-state index is 0.262. The second-order valence-electron chi connectivity index (χ2n) is 6.92. The van der Waals surface area contributed by atoms with E-state index < -0.39 is 0 Å². The van der Waals surface area contributed by atoms with Crippen molar-refractivity contribution in [2.24, 2.45) is 11.8 Å². The Balaban J connectivity index is 2.28. The molecule has 1 fully saturated rings. The number of rotatable bonds is 7. The first-order valence-electron chi connectivity index (χ1n) is 7.77. The van der Waals surface area contributed by atoms with E-state index in [0.29, 0.717) is 0 Å². The molecule has 2 unspecified atom stereocenters. The van der Waals surface area contributed by atoms with Crippen LogP contribution in [0.3, 0.4) is 0 Å². The normalized spacial score (nSPS) is 25.3. The fraction of sp³-hybridized carbons (Fsp3) is 1.00. The van der Waals surface area contributed by atoms with Crippen molar-refractivity contribution in [1.29, 1.82) is 0 Å². The van der Waals surface area contributed by atoms with Gasteiger partial charge in [-0.25, -0.2) is 0 Å². The molecule has 1 rings (SSSR count). The van der Waals surface area contributed by atoms with Crippen molar-refractivity contribution in [3.63, 3.8) is 0 Å². The van der Waals surface area contributed by atoms with Gasteiger partial charge in [0, 0.05) is 19.3 Å². The summed E-state index contributed by atoms with van der Waals surface area (Å²) in [5, 5.41) is 3.70. The first-order valence-corrected chi connectivity index (χ1v) is 7.77. The molecule has 0 amide bonds. The number of nitrogens with one attached hydrogen (secondary N) is 1. The number of methoxy groups -OCH3 is 1. The Bertz CT molecular complexity index is 210. The maximum absolute atomic E-state index is 5.14. The Hall–Kier alpha value is -0.0800. The summed E-state index contributed by atoms with van der Waals surface area (Å²) in [7, 11) is 1.80. The van der Waals surface area contributed by atoms with E-state index in [2.05, 4.69) is 26.1 Å². The average molecular weight is 255 g/mol. The first kappa shape index (κ1) is 16.0. The second-order valence-corrected chi connectivity index (χ2v) is 6.92. The molecule has 108 valence electrons. The predicted molar refractivity (Wildman–Crippen MR) is 78.9 cm³/mol. The van der Waals surface area contributed by atoms with Crippen LogP contribution in [0, 0.1) is 11.8 Å². The molecule has 0 aromatic carbocycles. The quantitative estimate of drug-likeness (QED) is 0.694. The van der Waals surface area contributed by atoms with Crippen molar-refractivity contribution in [2.45, 2.75) is 71.3 Å². The number of unbranched alkanes of at least 4 members (excludes halogenated alkanes) is 1. The lowest BCUT2D eigenvalue weighted by Crippen LogP contribution is -2.41. The Labute approximate surface area is 114 Å². The van der Waals surface area contributed by atoms with E-state index in [9.17, 15) is 0 Å². The summed E-state index contributed by atoms with van der Waals surface area (Å²) in [6.45, 7) is 8.94. The Kier molecular flexibility index (Phi) is 7.25. The van der Waals surface area contributed by atoms with Gasteiger partial charge in [-0.2, -0.15) is 0 Å². The highest BCUT2D eigenvalue weighted by molar-refractivity contribution is 4.80. The van der Waals surface area contributed by atoms with E-state index in [-0.39, 0.29) is 5.54 Å². The molecule has 1 N–H and O–H groups in total. The summed E-state index contributed by atoms with van der Waals surface area (Å²) in [6.07, 6.45) is 9.73. The fourth-order valence-electron chi connectivity index (χ4n) is 3.02. The summed E-state index contributed by atoms with van der Waals surface area (Å²) in [6, 6.07) is 0. The minimum absolute atomic E-state index is 0.262. The van der Waals surface area contributed by atoms with Crippen LogP contribution in [0.5, 0.6) is 0 Å². The summed E-state index contributed by atoms with van der Waals surface area (Å²) >= 11 is 0. The molecular formula is C16H33NO. The van der Waals surface area contributed by atoms with Crippen LogP contribution in [0.15, 0.2) is 0 Å². The zero-order valence-corrected chi connectivity index (χ0v) is 12.9. The zero-order chi connectivity index (χ0) is 13.4. The topological polar surface area (TPSA) is 21.3 Å². The van der Waals surface area contributed by atoms with Crippen LogP contribution in [0.4, 0.5) is 0 Å². The number of hydrogen-bond donors (Lipinski definition) is 1. The molecule has 0 aromatic heterocycles. The molecule has 0 saturated heterocycles. The fourth-order valence-corrected chi connectivity index (χ4v) is 3.02. The van der Waals surface area contributed by atoms with Crippen LogP contribution in [0.1, 0.15) is 65.7 Å². The van der Waals surface area contributed by atoms with Gasteiger partial charge < -0.3 is 10.1 Å². The zero-order valence-electron chi connectivity index (χ0n) is 12.9. The molecule has 0 radical (unpaired) electrons. The highest BCUT2D eigenvalue weighted by Crippen LogP contribution is 2.33. The lowest BCUT2D eigenvalue weighted by molar-refractivity contribution is 0.173. The molecule has 0 bridgehead atoms. The molecule has 2 atom stereocenters. The molecule has 0 spiro atoms. The highest BCUT2D eigenvalue weighted by Gasteiger charge is 2.25. The van der Waals surface area contributed by atoms with Gasteiger partial charge in [0.25, 0.3) is 0 Å². The molecule has 2 nitrogen and oxygen atoms in total. The third-order valence-corrected chi connectivity index (χ3v) is 4.13. The molecule has 0 aromatic rings. The van der Waals surface area contributed by atoms with Crippen molar-refractivity contribution >= 4 is 0 Å². The largest absolute Gasteiger partial charge is 0.385 e. The van der Waals surface area contributed by atoms with Crippen molar-refractivity contribution < 1.29 is 4.74 Å². The second kappa shape index (κ2) is 8.16. The van der Waals surface area contributed by atoms with Crippen LogP contribution in [0.25, 0.3) is 0 Å². The Morgan fingerprint density at radius 1 is 1.06 bits per heavy atom. The van der Waals surface area contributed by atoms with Gasteiger partial charge in [0.2, 0.25) is 0 Å². The monoisotopic (exact) mass is 255 g/mol. The van der Waals surface area contributed by atoms with Gasteiger partial charge in [0.05, 0.1) is 0 Å². The minimum Gasteiger partial charge on any atom is -0.385 e. The van der Waals surface area contributed by atoms with Crippen LogP contribution in [0.2, 0.25) is 0 Å². The van der Waals surface area contributed by atoms with Crippen LogP contribution < -0.4 is 5.32 Å². The van der Waals surface area contributed by atoms with E-state index in [1.807, 2.05) is 0 Å².